The van der Waals surface area contributed by atoms with Gasteiger partial charge in [-0.25, -0.2) is 4.98 Å². The van der Waals surface area contributed by atoms with Gasteiger partial charge < -0.3 is 4.57 Å². The maximum Gasteiger partial charge on any atom is 0.140 e. The average molecular weight is 551 g/mol. The van der Waals surface area contributed by atoms with Crippen molar-refractivity contribution in [2.24, 2.45) is 7.05 Å². The zero-order valence-corrected chi connectivity index (χ0v) is 24.5. The van der Waals surface area contributed by atoms with E-state index >= 15 is 0 Å². The van der Waals surface area contributed by atoms with Gasteiger partial charge in [-0.15, -0.1) is 0 Å². The first-order chi connectivity index (χ1) is 21.0. The van der Waals surface area contributed by atoms with Gasteiger partial charge in [0.1, 0.15) is 5.82 Å². The Labute approximate surface area is 250 Å². The van der Waals surface area contributed by atoms with Crippen molar-refractivity contribution in [1.29, 1.82) is 0 Å². The molecule has 1 heterocycles. The molecular weight excluding hydrogens is 520 g/mol. The Morgan fingerprint density at radius 3 is 1.84 bits per heavy atom. The number of rotatable bonds is 2. The van der Waals surface area contributed by atoms with E-state index < -0.39 is 0 Å². The number of aryl methyl sites for hydroxylation is 1. The quantitative estimate of drug-likeness (QED) is 0.196. The molecule has 0 spiro atoms. The van der Waals surface area contributed by atoms with Gasteiger partial charge in [0.25, 0.3) is 0 Å². The van der Waals surface area contributed by atoms with Crippen molar-refractivity contribution in [3.05, 3.63) is 139 Å². The molecule has 2 nitrogen and oxygen atoms in total. The molecule has 43 heavy (non-hydrogen) atoms. The van der Waals surface area contributed by atoms with Crippen molar-refractivity contribution in [3.8, 4) is 33.6 Å². The standard InChI is InChI=1S/C41H30N2/c1-41(2)34-24-33(26-21-22-36-35(23-26)42-40(43(36)3)25-13-5-4-6-14-25)29-17-8-10-18-30(29)37(34)38-31-19-11-7-15-27(31)28-16-9-12-20-32(28)39(38)41/h4-24H,1-3H3. The average Bonchev–Trinajstić information content (AvgIpc) is 3.51. The highest BCUT2D eigenvalue weighted by atomic mass is 15.1. The zero-order valence-electron chi connectivity index (χ0n) is 24.5. The van der Waals surface area contributed by atoms with Gasteiger partial charge in [0.2, 0.25) is 0 Å². The van der Waals surface area contributed by atoms with Gasteiger partial charge in [-0.05, 0) is 83.9 Å². The molecule has 0 aliphatic heterocycles. The Bertz CT molecular complexity index is 2430. The monoisotopic (exact) mass is 550 g/mol. The third-order valence-corrected chi connectivity index (χ3v) is 9.75. The van der Waals surface area contributed by atoms with Crippen LogP contribution in [0.25, 0.3) is 77.0 Å². The van der Waals surface area contributed by atoms with E-state index in [1.807, 2.05) is 0 Å². The molecule has 1 aliphatic rings. The molecule has 0 atom stereocenters. The van der Waals surface area contributed by atoms with Crippen LogP contribution in [0.5, 0.6) is 0 Å². The Hall–Kier alpha value is -5.21. The van der Waals surface area contributed by atoms with Gasteiger partial charge in [-0.3, -0.25) is 0 Å². The topological polar surface area (TPSA) is 17.8 Å². The molecule has 0 fully saturated rings. The zero-order chi connectivity index (χ0) is 28.9. The van der Waals surface area contributed by atoms with Gasteiger partial charge in [0, 0.05) is 18.0 Å². The van der Waals surface area contributed by atoms with E-state index in [0.29, 0.717) is 0 Å². The number of nitrogens with zero attached hydrogens (tertiary/aromatic N) is 2. The van der Waals surface area contributed by atoms with Crippen LogP contribution in [-0.2, 0) is 12.5 Å². The largest absolute Gasteiger partial charge is 0.327 e. The molecule has 8 aromatic rings. The van der Waals surface area contributed by atoms with Crippen LogP contribution >= 0.6 is 0 Å². The molecule has 2 heteroatoms. The maximum atomic E-state index is 5.11. The Morgan fingerprint density at radius 2 is 1.12 bits per heavy atom. The van der Waals surface area contributed by atoms with Crippen molar-refractivity contribution < 1.29 is 0 Å². The van der Waals surface area contributed by atoms with E-state index in [0.717, 1.165) is 22.4 Å². The second kappa shape index (κ2) is 8.65. The second-order valence-electron chi connectivity index (χ2n) is 12.4. The lowest BCUT2D eigenvalue weighted by Gasteiger charge is -2.24. The third-order valence-electron chi connectivity index (χ3n) is 9.75. The summed E-state index contributed by atoms with van der Waals surface area (Å²) < 4.78 is 2.20. The molecule has 0 unspecified atom stereocenters. The Balaban J connectivity index is 1.35. The smallest absolute Gasteiger partial charge is 0.140 e. The van der Waals surface area contributed by atoms with Crippen molar-refractivity contribution in [1.82, 2.24) is 9.55 Å². The summed E-state index contributed by atoms with van der Waals surface area (Å²) in [6, 6.07) is 46.6. The summed E-state index contributed by atoms with van der Waals surface area (Å²) in [6.07, 6.45) is 0. The summed E-state index contributed by atoms with van der Waals surface area (Å²) in [7, 11) is 2.11. The molecule has 0 bridgehead atoms. The molecule has 204 valence electrons. The summed E-state index contributed by atoms with van der Waals surface area (Å²) in [6.45, 7) is 4.82. The highest BCUT2D eigenvalue weighted by Crippen LogP contribution is 2.57. The van der Waals surface area contributed by atoms with Crippen molar-refractivity contribution in [3.63, 3.8) is 0 Å². The van der Waals surface area contributed by atoms with Gasteiger partial charge in [0.05, 0.1) is 11.0 Å². The fourth-order valence-electron chi connectivity index (χ4n) is 7.77. The van der Waals surface area contributed by atoms with Crippen molar-refractivity contribution in [2.75, 3.05) is 0 Å². The van der Waals surface area contributed by atoms with Gasteiger partial charge in [-0.1, -0.05) is 123 Å². The third kappa shape index (κ3) is 3.26. The number of imidazole rings is 1. The first-order valence-electron chi connectivity index (χ1n) is 15.0. The van der Waals surface area contributed by atoms with Crippen molar-refractivity contribution in [2.45, 2.75) is 19.3 Å². The summed E-state index contributed by atoms with van der Waals surface area (Å²) in [5.41, 5.74) is 11.2. The summed E-state index contributed by atoms with van der Waals surface area (Å²) >= 11 is 0. The first-order valence-corrected chi connectivity index (χ1v) is 15.0. The van der Waals surface area contributed by atoms with E-state index in [4.69, 9.17) is 4.98 Å². The lowest BCUT2D eigenvalue weighted by atomic mass is 9.78. The lowest BCUT2D eigenvalue weighted by Crippen LogP contribution is -2.16. The predicted molar refractivity (Wildman–Crippen MR) is 182 cm³/mol. The minimum Gasteiger partial charge on any atom is -0.327 e. The molecular formula is C41H30N2. The minimum absolute atomic E-state index is 0.164. The van der Waals surface area contributed by atoms with Gasteiger partial charge in [-0.2, -0.15) is 0 Å². The molecule has 0 saturated carbocycles. The van der Waals surface area contributed by atoms with E-state index in [2.05, 4.69) is 153 Å². The van der Waals surface area contributed by atoms with Crippen LogP contribution < -0.4 is 0 Å². The van der Waals surface area contributed by atoms with E-state index in [1.165, 1.54) is 65.7 Å². The van der Waals surface area contributed by atoms with Crippen LogP contribution in [0.2, 0.25) is 0 Å². The van der Waals surface area contributed by atoms with Gasteiger partial charge >= 0.3 is 0 Å². The highest BCUT2D eigenvalue weighted by molar-refractivity contribution is 6.22. The number of hydrogen-bond donors (Lipinski definition) is 0. The molecule has 0 amide bonds. The Morgan fingerprint density at radius 1 is 0.535 bits per heavy atom. The normalized spacial score (nSPS) is 13.7. The molecule has 7 aromatic carbocycles. The molecule has 0 N–H and O–H groups in total. The number of benzene rings is 7. The van der Waals surface area contributed by atoms with E-state index in [-0.39, 0.29) is 5.41 Å². The summed E-state index contributed by atoms with van der Waals surface area (Å²) in [4.78, 5) is 5.11. The fraction of sp³-hybridized carbons (Fsp3) is 0.0976. The molecule has 9 rings (SSSR count). The minimum atomic E-state index is -0.164. The summed E-state index contributed by atoms with van der Waals surface area (Å²) in [5.74, 6) is 0.988. The highest BCUT2D eigenvalue weighted by Gasteiger charge is 2.40. The van der Waals surface area contributed by atoms with Crippen LogP contribution in [-0.4, -0.2) is 9.55 Å². The number of fused-ring (bicyclic) bond motifs is 11. The van der Waals surface area contributed by atoms with Gasteiger partial charge in [0.15, 0.2) is 0 Å². The predicted octanol–water partition coefficient (Wildman–Crippen LogP) is 10.7. The van der Waals surface area contributed by atoms with Crippen molar-refractivity contribution >= 4 is 43.4 Å². The summed E-state index contributed by atoms with van der Waals surface area (Å²) in [5, 5.41) is 7.94. The van der Waals surface area contributed by atoms with E-state index in [1.54, 1.807) is 0 Å². The van der Waals surface area contributed by atoms with Crippen LogP contribution in [0, 0.1) is 0 Å². The Kier molecular flexibility index (Phi) is 4.91. The molecule has 1 aromatic heterocycles. The number of aromatic nitrogens is 2. The second-order valence-corrected chi connectivity index (χ2v) is 12.4. The van der Waals surface area contributed by atoms with Crippen LogP contribution in [0.15, 0.2) is 127 Å². The van der Waals surface area contributed by atoms with Crippen LogP contribution in [0.4, 0.5) is 0 Å². The molecule has 0 radical (unpaired) electrons. The fourth-order valence-corrected chi connectivity index (χ4v) is 7.77. The number of hydrogen-bond acceptors (Lipinski definition) is 1. The molecule has 1 aliphatic carbocycles. The lowest BCUT2D eigenvalue weighted by molar-refractivity contribution is 0.667. The van der Waals surface area contributed by atoms with E-state index in [9.17, 15) is 0 Å². The SMILES string of the molecule is Cn1c(-c2ccccc2)nc2cc(-c3cc4c(c5ccccc35)-c3c(c5ccccc5c5ccccc35)C4(C)C)ccc21. The first kappa shape index (κ1) is 24.4. The maximum absolute atomic E-state index is 5.11. The van der Waals surface area contributed by atoms with Crippen LogP contribution in [0.1, 0.15) is 25.0 Å². The van der Waals surface area contributed by atoms with Crippen LogP contribution in [0.3, 0.4) is 0 Å². The molecule has 0 saturated heterocycles.